The molecule has 0 N–H and O–H groups in total. The molecular weight excluding hydrogens is 238 g/mol. The molecule has 0 aliphatic rings. The summed E-state index contributed by atoms with van der Waals surface area (Å²) in [7, 11) is 1.61. The largest absolute Gasteiger partial charge is 0.496 e. The molecule has 0 saturated heterocycles. The van der Waals surface area contributed by atoms with Crippen LogP contribution >= 0.6 is 0 Å². The van der Waals surface area contributed by atoms with Crippen LogP contribution in [0.25, 0.3) is 0 Å². The first kappa shape index (κ1) is 15.7. The Morgan fingerprint density at radius 1 is 1.37 bits per heavy atom. The van der Waals surface area contributed by atoms with E-state index in [0.717, 1.165) is 18.7 Å². The third-order valence-electron chi connectivity index (χ3n) is 3.10. The fourth-order valence-electron chi connectivity index (χ4n) is 2.14. The Morgan fingerprint density at radius 3 is 2.58 bits per heavy atom. The maximum atomic E-state index is 12.4. The second-order valence-corrected chi connectivity index (χ2v) is 5.35. The molecule has 0 unspecified atom stereocenters. The minimum absolute atomic E-state index is 0.124. The summed E-state index contributed by atoms with van der Waals surface area (Å²) >= 11 is 0. The van der Waals surface area contributed by atoms with E-state index in [1.54, 1.807) is 7.11 Å². The van der Waals surface area contributed by atoms with E-state index in [9.17, 15) is 4.79 Å². The molecule has 0 aliphatic heterocycles. The lowest BCUT2D eigenvalue weighted by Crippen LogP contribution is -2.33. The predicted octanol–water partition coefficient (Wildman–Crippen LogP) is 3.16. The SMILES string of the molecule is CCN(CC(=O)c1ccc(C)cc1OC)CC(C)C. The van der Waals surface area contributed by atoms with Gasteiger partial charge in [0.15, 0.2) is 5.78 Å². The summed E-state index contributed by atoms with van der Waals surface area (Å²) in [6.07, 6.45) is 0. The van der Waals surface area contributed by atoms with Gasteiger partial charge in [0.05, 0.1) is 19.2 Å². The number of nitrogens with zero attached hydrogens (tertiary/aromatic N) is 1. The molecule has 0 aliphatic carbocycles. The number of ketones is 1. The molecule has 3 heteroatoms. The van der Waals surface area contributed by atoms with Gasteiger partial charge in [-0.05, 0) is 37.1 Å². The average Bonchev–Trinajstić information content (AvgIpc) is 2.36. The van der Waals surface area contributed by atoms with E-state index >= 15 is 0 Å². The van der Waals surface area contributed by atoms with Crippen LogP contribution < -0.4 is 4.74 Å². The van der Waals surface area contributed by atoms with Crippen molar-refractivity contribution in [3.05, 3.63) is 29.3 Å². The first-order valence-electron chi connectivity index (χ1n) is 6.88. The zero-order chi connectivity index (χ0) is 14.4. The normalized spacial score (nSPS) is 11.1. The number of hydrogen-bond donors (Lipinski definition) is 0. The molecule has 0 atom stereocenters. The topological polar surface area (TPSA) is 29.5 Å². The Bertz CT molecular complexity index is 427. The highest BCUT2D eigenvalue weighted by Gasteiger charge is 2.16. The van der Waals surface area contributed by atoms with E-state index in [1.165, 1.54) is 0 Å². The van der Waals surface area contributed by atoms with Gasteiger partial charge in [0.25, 0.3) is 0 Å². The van der Waals surface area contributed by atoms with Gasteiger partial charge in [0.1, 0.15) is 5.75 Å². The first-order valence-corrected chi connectivity index (χ1v) is 6.88. The molecule has 0 saturated carbocycles. The molecule has 0 spiro atoms. The molecule has 106 valence electrons. The minimum atomic E-state index is 0.124. The zero-order valence-electron chi connectivity index (χ0n) is 12.7. The van der Waals surface area contributed by atoms with Crippen molar-refractivity contribution in [2.75, 3.05) is 26.7 Å². The number of carbonyl (C=O) groups excluding carboxylic acids is 1. The lowest BCUT2D eigenvalue weighted by atomic mass is 10.1. The van der Waals surface area contributed by atoms with Gasteiger partial charge in [-0.15, -0.1) is 0 Å². The Labute approximate surface area is 116 Å². The highest BCUT2D eigenvalue weighted by Crippen LogP contribution is 2.20. The van der Waals surface area contributed by atoms with Gasteiger partial charge in [0.2, 0.25) is 0 Å². The van der Waals surface area contributed by atoms with Gasteiger partial charge in [-0.3, -0.25) is 9.69 Å². The highest BCUT2D eigenvalue weighted by atomic mass is 16.5. The third kappa shape index (κ3) is 4.67. The monoisotopic (exact) mass is 263 g/mol. The van der Waals surface area contributed by atoms with E-state index in [4.69, 9.17) is 4.74 Å². The fraction of sp³-hybridized carbons (Fsp3) is 0.562. The molecule has 0 radical (unpaired) electrons. The van der Waals surface area contributed by atoms with Gasteiger partial charge in [-0.2, -0.15) is 0 Å². The summed E-state index contributed by atoms with van der Waals surface area (Å²) in [4.78, 5) is 14.5. The lowest BCUT2D eigenvalue weighted by molar-refractivity contribution is 0.0923. The Balaban J connectivity index is 2.82. The average molecular weight is 263 g/mol. The zero-order valence-corrected chi connectivity index (χ0v) is 12.7. The molecule has 0 aromatic heterocycles. The second-order valence-electron chi connectivity index (χ2n) is 5.35. The molecule has 0 amide bonds. The number of likely N-dealkylation sites (N-methyl/N-ethyl adjacent to an activating group) is 1. The smallest absolute Gasteiger partial charge is 0.180 e. The van der Waals surface area contributed by atoms with Crippen molar-refractivity contribution in [1.29, 1.82) is 0 Å². The fourth-order valence-corrected chi connectivity index (χ4v) is 2.14. The van der Waals surface area contributed by atoms with Crippen molar-refractivity contribution >= 4 is 5.78 Å². The predicted molar refractivity (Wildman–Crippen MR) is 79.0 cm³/mol. The maximum Gasteiger partial charge on any atom is 0.180 e. The van der Waals surface area contributed by atoms with Crippen LogP contribution in [0.1, 0.15) is 36.7 Å². The van der Waals surface area contributed by atoms with Gasteiger partial charge >= 0.3 is 0 Å². The van der Waals surface area contributed by atoms with Crippen molar-refractivity contribution < 1.29 is 9.53 Å². The number of Topliss-reactive ketones (excluding diaryl/α,β-unsaturated/α-hetero) is 1. The van der Waals surface area contributed by atoms with E-state index < -0.39 is 0 Å². The third-order valence-corrected chi connectivity index (χ3v) is 3.10. The van der Waals surface area contributed by atoms with Crippen LogP contribution in [-0.4, -0.2) is 37.4 Å². The number of benzene rings is 1. The van der Waals surface area contributed by atoms with E-state index in [2.05, 4.69) is 25.7 Å². The first-order chi connectivity index (χ1) is 8.97. The minimum Gasteiger partial charge on any atom is -0.496 e. The van der Waals surface area contributed by atoms with Gasteiger partial charge < -0.3 is 4.74 Å². The summed E-state index contributed by atoms with van der Waals surface area (Å²) in [6.45, 7) is 10.7. The van der Waals surface area contributed by atoms with Crippen LogP contribution in [0.2, 0.25) is 0 Å². The van der Waals surface area contributed by atoms with Crippen LogP contribution in [0.4, 0.5) is 0 Å². The Hall–Kier alpha value is -1.35. The molecule has 0 heterocycles. The number of carbonyl (C=O) groups is 1. The van der Waals surface area contributed by atoms with Crippen molar-refractivity contribution in [3.63, 3.8) is 0 Å². The standard InChI is InChI=1S/C16H25NO2/c1-6-17(10-12(2)3)11-15(18)14-8-7-13(4)9-16(14)19-5/h7-9,12H,6,10-11H2,1-5H3. The van der Waals surface area contributed by atoms with Crippen molar-refractivity contribution in [2.45, 2.75) is 27.7 Å². The van der Waals surface area contributed by atoms with Crippen LogP contribution in [0, 0.1) is 12.8 Å². The van der Waals surface area contributed by atoms with Crippen molar-refractivity contribution in [2.24, 2.45) is 5.92 Å². The molecule has 0 fully saturated rings. The molecule has 3 nitrogen and oxygen atoms in total. The Morgan fingerprint density at radius 2 is 2.05 bits per heavy atom. The number of ether oxygens (including phenoxy) is 1. The number of hydrogen-bond acceptors (Lipinski definition) is 3. The van der Waals surface area contributed by atoms with E-state index in [1.807, 2.05) is 25.1 Å². The molecule has 1 rings (SSSR count). The number of aryl methyl sites for hydroxylation is 1. The summed E-state index contributed by atoms with van der Waals surface area (Å²) < 4.78 is 5.30. The van der Waals surface area contributed by atoms with Crippen LogP contribution in [0.5, 0.6) is 5.75 Å². The summed E-state index contributed by atoms with van der Waals surface area (Å²) in [5.41, 5.74) is 1.78. The van der Waals surface area contributed by atoms with E-state index in [0.29, 0.717) is 23.8 Å². The van der Waals surface area contributed by atoms with Gasteiger partial charge in [0, 0.05) is 6.54 Å². The molecular formula is C16H25NO2. The van der Waals surface area contributed by atoms with Crippen molar-refractivity contribution in [1.82, 2.24) is 4.90 Å². The lowest BCUT2D eigenvalue weighted by Gasteiger charge is -2.22. The Kier molecular flexibility index (Phi) is 6.03. The van der Waals surface area contributed by atoms with Crippen LogP contribution in [0.15, 0.2) is 18.2 Å². The molecule has 1 aromatic rings. The molecule has 1 aromatic carbocycles. The quantitative estimate of drug-likeness (QED) is 0.708. The molecule has 0 bridgehead atoms. The maximum absolute atomic E-state index is 12.4. The van der Waals surface area contributed by atoms with E-state index in [-0.39, 0.29) is 5.78 Å². The van der Waals surface area contributed by atoms with Gasteiger partial charge in [-0.1, -0.05) is 26.8 Å². The highest BCUT2D eigenvalue weighted by molar-refractivity contribution is 6.00. The summed E-state index contributed by atoms with van der Waals surface area (Å²) in [6, 6.07) is 5.72. The second kappa shape index (κ2) is 7.29. The number of methoxy groups -OCH3 is 1. The van der Waals surface area contributed by atoms with Gasteiger partial charge in [-0.25, -0.2) is 0 Å². The molecule has 19 heavy (non-hydrogen) atoms. The summed E-state index contributed by atoms with van der Waals surface area (Å²) in [5.74, 6) is 1.36. The van der Waals surface area contributed by atoms with Crippen molar-refractivity contribution in [3.8, 4) is 5.75 Å². The van der Waals surface area contributed by atoms with Crippen LogP contribution in [0.3, 0.4) is 0 Å². The van der Waals surface area contributed by atoms with Crippen LogP contribution in [-0.2, 0) is 0 Å². The summed E-state index contributed by atoms with van der Waals surface area (Å²) in [5, 5.41) is 0. The number of rotatable bonds is 7.